The Morgan fingerprint density at radius 3 is 2.65 bits per heavy atom. The van der Waals surface area contributed by atoms with Crippen molar-refractivity contribution in [2.45, 2.75) is 26.3 Å². The van der Waals surface area contributed by atoms with Gasteiger partial charge in [0.05, 0.1) is 6.61 Å². The van der Waals surface area contributed by atoms with E-state index in [0.29, 0.717) is 13.0 Å². The molecule has 0 fully saturated rings. The number of esters is 1. The van der Waals surface area contributed by atoms with Crippen LogP contribution in [0.1, 0.15) is 20.3 Å². The summed E-state index contributed by atoms with van der Waals surface area (Å²) in [4.78, 5) is 11.6. The van der Waals surface area contributed by atoms with Crippen molar-refractivity contribution in [3.8, 4) is 0 Å². The lowest BCUT2D eigenvalue weighted by atomic mass is 10.2. The molecule has 1 aromatic rings. The lowest BCUT2D eigenvalue weighted by Crippen LogP contribution is -2.30. The third kappa shape index (κ3) is 4.32. The minimum atomic E-state index is -0.313. The Kier molecular flexibility index (Phi) is 5.98. The van der Waals surface area contributed by atoms with E-state index < -0.39 is 0 Å². The van der Waals surface area contributed by atoms with E-state index in [4.69, 9.17) is 4.74 Å². The Bertz CT molecular complexity index is 396. The Hall–Kier alpha value is -0.550. The van der Waals surface area contributed by atoms with Crippen molar-refractivity contribution in [1.82, 2.24) is 0 Å². The molecule has 0 aliphatic rings. The second kappa shape index (κ2) is 7.01. The number of ether oxygens (including phenoxy) is 1. The molecule has 0 spiro atoms. The number of anilines is 1. The summed E-state index contributed by atoms with van der Waals surface area (Å²) in [6.45, 7) is 4.15. The Morgan fingerprint density at radius 2 is 2.12 bits per heavy atom. The van der Waals surface area contributed by atoms with E-state index in [1.807, 2.05) is 25.1 Å². The molecule has 0 heterocycles. The van der Waals surface area contributed by atoms with Crippen molar-refractivity contribution in [3.63, 3.8) is 0 Å². The normalized spacial score (nSPS) is 12.0. The lowest BCUT2D eigenvalue weighted by Gasteiger charge is -2.17. The average Bonchev–Trinajstić information content (AvgIpc) is 2.28. The molecule has 0 radical (unpaired) electrons. The van der Waals surface area contributed by atoms with E-state index in [9.17, 15) is 4.79 Å². The first-order chi connectivity index (χ1) is 8.08. The van der Waals surface area contributed by atoms with Gasteiger partial charge in [-0.15, -0.1) is 0 Å². The zero-order valence-corrected chi connectivity index (χ0v) is 13.0. The van der Waals surface area contributed by atoms with Gasteiger partial charge in [-0.25, -0.2) is 4.79 Å². The minimum absolute atomic E-state index is 0.218. The topological polar surface area (TPSA) is 38.3 Å². The summed E-state index contributed by atoms with van der Waals surface area (Å²) < 4.78 is 6.90. The molecule has 0 saturated carbocycles. The predicted octanol–water partition coefficient (Wildman–Crippen LogP) is 3.97. The van der Waals surface area contributed by atoms with Crippen molar-refractivity contribution < 1.29 is 9.53 Å². The van der Waals surface area contributed by atoms with Gasteiger partial charge in [0, 0.05) is 14.6 Å². The maximum atomic E-state index is 11.6. The van der Waals surface area contributed by atoms with Crippen LogP contribution in [0.3, 0.4) is 0 Å². The number of carbonyl (C=O) groups is 1. The van der Waals surface area contributed by atoms with Gasteiger partial charge in [-0.3, -0.25) is 0 Å². The molecule has 0 aliphatic heterocycles. The largest absolute Gasteiger partial charge is 0.464 e. The maximum Gasteiger partial charge on any atom is 0.328 e. The predicted molar refractivity (Wildman–Crippen MR) is 76.2 cm³/mol. The molecule has 0 bridgehead atoms. The van der Waals surface area contributed by atoms with Gasteiger partial charge in [-0.2, -0.15) is 0 Å². The number of hydrogen-bond donors (Lipinski definition) is 1. The monoisotopic (exact) mass is 363 g/mol. The standard InChI is InChI=1S/C12H15Br2NO2/c1-3-10(12(16)17-4-2)15-11-6-5-8(13)7-9(11)14/h5-7,10,15H,3-4H2,1-2H3. The van der Waals surface area contributed by atoms with Gasteiger partial charge in [-0.1, -0.05) is 22.9 Å². The number of nitrogens with one attached hydrogen (secondary N) is 1. The molecule has 1 N–H and O–H groups in total. The summed E-state index contributed by atoms with van der Waals surface area (Å²) in [6.07, 6.45) is 0.682. The molecule has 94 valence electrons. The van der Waals surface area contributed by atoms with Crippen molar-refractivity contribution in [2.75, 3.05) is 11.9 Å². The quantitative estimate of drug-likeness (QED) is 0.803. The molecule has 17 heavy (non-hydrogen) atoms. The van der Waals surface area contributed by atoms with Crippen LogP contribution in [0, 0.1) is 0 Å². The maximum absolute atomic E-state index is 11.6. The van der Waals surface area contributed by atoms with Crippen molar-refractivity contribution in [2.24, 2.45) is 0 Å². The second-order valence-electron chi connectivity index (χ2n) is 3.48. The SMILES string of the molecule is CCOC(=O)C(CC)Nc1ccc(Br)cc1Br. The molecular formula is C12H15Br2NO2. The van der Waals surface area contributed by atoms with Gasteiger partial charge in [0.15, 0.2) is 0 Å². The van der Waals surface area contributed by atoms with Crippen LogP contribution in [0.4, 0.5) is 5.69 Å². The van der Waals surface area contributed by atoms with E-state index in [1.54, 1.807) is 6.92 Å². The summed E-state index contributed by atoms with van der Waals surface area (Å²) in [7, 11) is 0. The van der Waals surface area contributed by atoms with Crippen molar-refractivity contribution in [3.05, 3.63) is 27.1 Å². The van der Waals surface area contributed by atoms with Crippen LogP contribution in [-0.4, -0.2) is 18.6 Å². The molecule has 0 aliphatic carbocycles. The summed E-state index contributed by atoms with van der Waals surface area (Å²) in [5.74, 6) is -0.218. The highest BCUT2D eigenvalue weighted by Crippen LogP contribution is 2.27. The first kappa shape index (κ1) is 14.5. The first-order valence-corrected chi connectivity index (χ1v) is 7.05. The van der Waals surface area contributed by atoms with Crippen LogP contribution in [0.25, 0.3) is 0 Å². The van der Waals surface area contributed by atoms with Crippen LogP contribution < -0.4 is 5.32 Å². The van der Waals surface area contributed by atoms with E-state index in [1.165, 1.54) is 0 Å². The van der Waals surface area contributed by atoms with Gasteiger partial charge < -0.3 is 10.1 Å². The highest BCUT2D eigenvalue weighted by molar-refractivity contribution is 9.11. The molecule has 3 nitrogen and oxygen atoms in total. The fourth-order valence-electron chi connectivity index (χ4n) is 1.36. The van der Waals surface area contributed by atoms with Crippen molar-refractivity contribution >= 4 is 43.5 Å². The average molecular weight is 365 g/mol. The second-order valence-corrected chi connectivity index (χ2v) is 5.25. The third-order valence-electron chi connectivity index (χ3n) is 2.24. The molecule has 1 rings (SSSR count). The summed E-state index contributed by atoms with van der Waals surface area (Å²) in [6, 6.07) is 5.45. The first-order valence-electron chi connectivity index (χ1n) is 5.46. The van der Waals surface area contributed by atoms with Crippen molar-refractivity contribution in [1.29, 1.82) is 0 Å². The molecule has 0 saturated heterocycles. The van der Waals surface area contributed by atoms with Gasteiger partial charge in [0.25, 0.3) is 0 Å². The number of carbonyl (C=O) groups excluding carboxylic acids is 1. The van der Waals surface area contributed by atoms with E-state index in [-0.39, 0.29) is 12.0 Å². The Balaban J connectivity index is 2.77. The van der Waals surface area contributed by atoms with Crippen LogP contribution >= 0.6 is 31.9 Å². The number of rotatable bonds is 5. The minimum Gasteiger partial charge on any atom is -0.464 e. The molecule has 0 aromatic heterocycles. The lowest BCUT2D eigenvalue weighted by molar-refractivity contribution is -0.144. The number of hydrogen-bond acceptors (Lipinski definition) is 3. The highest BCUT2D eigenvalue weighted by Gasteiger charge is 2.18. The van der Waals surface area contributed by atoms with Gasteiger partial charge in [0.1, 0.15) is 6.04 Å². The van der Waals surface area contributed by atoms with Crippen LogP contribution in [-0.2, 0) is 9.53 Å². The van der Waals surface area contributed by atoms with Crippen LogP contribution in [0.2, 0.25) is 0 Å². The highest BCUT2D eigenvalue weighted by atomic mass is 79.9. The zero-order valence-electron chi connectivity index (χ0n) is 9.80. The van der Waals surface area contributed by atoms with E-state index in [2.05, 4.69) is 37.2 Å². The van der Waals surface area contributed by atoms with Gasteiger partial charge in [0.2, 0.25) is 0 Å². The zero-order chi connectivity index (χ0) is 12.8. The fourth-order valence-corrected chi connectivity index (χ4v) is 2.53. The van der Waals surface area contributed by atoms with Crippen LogP contribution in [0.15, 0.2) is 27.1 Å². The number of benzene rings is 1. The third-order valence-corrected chi connectivity index (χ3v) is 3.39. The van der Waals surface area contributed by atoms with E-state index in [0.717, 1.165) is 14.6 Å². The van der Waals surface area contributed by atoms with Gasteiger partial charge in [-0.05, 0) is 47.5 Å². The Labute approximate surface area is 118 Å². The molecule has 5 heteroatoms. The fraction of sp³-hybridized carbons (Fsp3) is 0.417. The number of halogens is 2. The molecular weight excluding hydrogens is 350 g/mol. The summed E-state index contributed by atoms with van der Waals surface area (Å²) in [5.41, 5.74) is 0.883. The molecule has 1 aromatic carbocycles. The van der Waals surface area contributed by atoms with Crippen LogP contribution in [0.5, 0.6) is 0 Å². The smallest absolute Gasteiger partial charge is 0.328 e. The summed E-state index contributed by atoms with van der Waals surface area (Å²) in [5, 5.41) is 3.17. The van der Waals surface area contributed by atoms with E-state index >= 15 is 0 Å². The summed E-state index contributed by atoms with van der Waals surface area (Å²) >= 11 is 6.83. The molecule has 0 amide bonds. The molecule has 1 unspecified atom stereocenters. The Morgan fingerprint density at radius 1 is 1.41 bits per heavy atom. The van der Waals surface area contributed by atoms with Gasteiger partial charge >= 0.3 is 5.97 Å². The molecule has 1 atom stereocenters.